The zero-order valence-corrected chi connectivity index (χ0v) is 17.9. The number of halogens is 1. The van der Waals surface area contributed by atoms with Crippen LogP contribution in [0.1, 0.15) is 56.0 Å². The molecular weight excluding hydrogens is 403 g/mol. The summed E-state index contributed by atoms with van der Waals surface area (Å²) in [7, 11) is 0. The number of hydrogen-bond donors (Lipinski definition) is 2. The lowest BCUT2D eigenvalue weighted by atomic mass is 9.86. The predicted octanol–water partition coefficient (Wildman–Crippen LogP) is 3.08. The lowest BCUT2D eigenvalue weighted by Crippen LogP contribution is -2.37. The fourth-order valence-corrected chi connectivity index (χ4v) is 3.84. The SMILES string of the molecule is CC(C)(C)[C@H](NC(=O)c1nn(CC2CCOCC2)c2cc(F)ccc12)c1nnc(N)o1. The molecular formula is C21H27FN6O3. The zero-order chi connectivity index (χ0) is 22.2. The van der Waals surface area contributed by atoms with Gasteiger partial charge in [-0.05, 0) is 42.4 Å². The minimum absolute atomic E-state index is 0.0693. The Hall–Kier alpha value is -3.01. The van der Waals surface area contributed by atoms with Crippen LogP contribution in [0.2, 0.25) is 0 Å². The van der Waals surface area contributed by atoms with Crippen molar-refractivity contribution in [3.05, 3.63) is 35.6 Å². The molecule has 3 aromatic rings. The molecule has 166 valence electrons. The van der Waals surface area contributed by atoms with Crippen LogP contribution in [0.4, 0.5) is 10.4 Å². The van der Waals surface area contributed by atoms with Crippen molar-refractivity contribution in [1.29, 1.82) is 0 Å². The van der Waals surface area contributed by atoms with Gasteiger partial charge in [-0.15, -0.1) is 5.10 Å². The summed E-state index contributed by atoms with van der Waals surface area (Å²) in [6.07, 6.45) is 1.81. The van der Waals surface area contributed by atoms with E-state index < -0.39 is 17.4 Å². The van der Waals surface area contributed by atoms with E-state index in [-0.39, 0.29) is 23.4 Å². The van der Waals surface area contributed by atoms with Gasteiger partial charge < -0.3 is 20.2 Å². The second-order valence-electron chi connectivity index (χ2n) is 9.00. The number of carbonyl (C=O) groups is 1. The molecule has 9 nitrogen and oxygen atoms in total. The van der Waals surface area contributed by atoms with Crippen LogP contribution < -0.4 is 11.1 Å². The molecule has 1 aliphatic heterocycles. The number of nitrogens with zero attached hydrogens (tertiary/aromatic N) is 4. The summed E-state index contributed by atoms with van der Waals surface area (Å²) in [4.78, 5) is 13.3. The van der Waals surface area contributed by atoms with Crippen LogP contribution in [0, 0.1) is 17.2 Å². The van der Waals surface area contributed by atoms with E-state index in [1.807, 2.05) is 20.8 Å². The Morgan fingerprint density at radius 3 is 2.71 bits per heavy atom. The van der Waals surface area contributed by atoms with Crippen LogP contribution in [0.5, 0.6) is 0 Å². The second kappa shape index (κ2) is 8.26. The molecule has 10 heteroatoms. The van der Waals surface area contributed by atoms with Gasteiger partial charge in [0.1, 0.15) is 11.9 Å². The molecule has 0 radical (unpaired) electrons. The maximum atomic E-state index is 14.0. The van der Waals surface area contributed by atoms with Crippen molar-refractivity contribution in [2.75, 3.05) is 18.9 Å². The molecule has 1 saturated heterocycles. The molecule has 3 N–H and O–H groups in total. The number of nitrogens with one attached hydrogen (secondary N) is 1. The Balaban J connectivity index is 1.66. The average molecular weight is 430 g/mol. The van der Waals surface area contributed by atoms with Crippen LogP contribution in [-0.2, 0) is 11.3 Å². The summed E-state index contributed by atoms with van der Waals surface area (Å²) < 4.78 is 26.5. The van der Waals surface area contributed by atoms with E-state index in [9.17, 15) is 9.18 Å². The first-order valence-corrected chi connectivity index (χ1v) is 10.4. The van der Waals surface area contributed by atoms with Gasteiger partial charge >= 0.3 is 6.01 Å². The maximum Gasteiger partial charge on any atom is 0.312 e. The molecule has 2 aromatic heterocycles. The summed E-state index contributed by atoms with van der Waals surface area (Å²) in [5, 5.41) is 15.7. The minimum Gasteiger partial charge on any atom is -0.406 e. The molecule has 31 heavy (non-hydrogen) atoms. The number of benzene rings is 1. The van der Waals surface area contributed by atoms with Crippen molar-refractivity contribution >= 4 is 22.8 Å². The fraction of sp³-hybridized carbons (Fsp3) is 0.524. The van der Waals surface area contributed by atoms with E-state index in [0.29, 0.717) is 36.6 Å². The number of nitrogen functional groups attached to an aromatic ring is 1. The molecule has 0 saturated carbocycles. The van der Waals surface area contributed by atoms with E-state index in [4.69, 9.17) is 14.9 Å². The number of anilines is 1. The summed E-state index contributed by atoms with van der Waals surface area (Å²) in [5.41, 5.74) is 5.95. The number of carbonyl (C=O) groups excluding carboxylic acids is 1. The van der Waals surface area contributed by atoms with Crippen molar-refractivity contribution in [3.8, 4) is 0 Å². The Morgan fingerprint density at radius 2 is 2.06 bits per heavy atom. The van der Waals surface area contributed by atoms with Gasteiger partial charge in [0.2, 0.25) is 5.89 Å². The van der Waals surface area contributed by atoms with Crippen LogP contribution in [-0.4, -0.2) is 39.1 Å². The molecule has 1 aromatic carbocycles. The minimum atomic E-state index is -0.582. The highest BCUT2D eigenvalue weighted by Gasteiger charge is 2.34. The first-order chi connectivity index (χ1) is 14.7. The Labute approximate surface area is 179 Å². The third-order valence-electron chi connectivity index (χ3n) is 5.55. The number of hydrogen-bond acceptors (Lipinski definition) is 7. The van der Waals surface area contributed by atoms with Crippen LogP contribution in [0.15, 0.2) is 22.6 Å². The molecule has 0 aliphatic carbocycles. The molecule has 1 amide bonds. The van der Waals surface area contributed by atoms with Gasteiger partial charge in [0.05, 0.1) is 5.52 Å². The maximum absolute atomic E-state index is 14.0. The van der Waals surface area contributed by atoms with Crippen LogP contribution >= 0.6 is 0 Å². The number of fused-ring (bicyclic) bond motifs is 1. The van der Waals surface area contributed by atoms with E-state index in [0.717, 1.165) is 12.8 Å². The summed E-state index contributed by atoms with van der Waals surface area (Å²) >= 11 is 0. The van der Waals surface area contributed by atoms with Crippen molar-refractivity contribution in [2.24, 2.45) is 11.3 Å². The van der Waals surface area contributed by atoms with E-state index in [1.165, 1.54) is 12.1 Å². The van der Waals surface area contributed by atoms with Crippen molar-refractivity contribution in [2.45, 2.75) is 46.2 Å². The summed E-state index contributed by atoms with van der Waals surface area (Å²) in [6.45, 7) is 7.82. The van der Waals surface area contributed by atoms with Gasteiger partial charge in [-0.3, -0.25) is 9.48 Å². The Morgan fingerprint density at radius 1 is 1.32 bits per heavy atom. The third-order valence-corrected chi connectivity index (χ3v) is 5.55. The van der Waals surface area contributed by atoms with E-state index in [2.05, 4.69) is 20.6 Å². The number of rotatable bonds is 5. The molecule has 1 aliphatic rings. The molecule has 1 atom stereocenters. The van der Waals surface area contributed by atoms with Gasteiger partial charge in [-0.25, -0.2) is 4.39 Å². The monoisotopic (exact) mass is 430 g/mol. The van der Waals surface area contributed by atoms with Gasteiger partial charge in [0.15, 0.2) is 5.69 Å². The topological polar surface area (TPSA) is 121 Å². The number of ether oxygens (including phenoxy) is 1. The molecule has 3 heterocycles. The van der Waals surface area contributed by atoms with E-state index in [1.54, 1.807) is 10.7 Å². The van der Waals surface area contributed by atoms with Gasteiger partial charge in [-0.1, -0.05) is 25.9 Å². The first kappa shape index (κ1) is 21.2. The quantitative estimate of drug-likeness (QED) is 0.638. The van der Waals surface area contributed by atoms with Crippen LogP contribution in [0.3, 0.4) is 0 Å². The number of amides is 1. The third kappa shape index (κ3) is 4.53. The molecule has 0 unspecified atom stereocenters. The van der Waals surface area contributed by atoms with Crippen molar-refractivity contribution in [1.82, 2.24) is 25.3 Å². The van der Waals surface area contributed by atoms with Crippen LogP contribution in [0.25, 0.3) is 10.9 Å². The van der Waals surface area contributed by atoms with E-state index >= 15 is 0 Å². The predicted molar refractivity (Wildman–Crippen MR) is 112 cm³/mol. The van der Waals surface area contributed by atoms with Gasteiger partial charge in [0.25, 0.3) is 5.91 Å². The van der Waals surface area contributed by atoms with Crippen molar-refractivity contribution in [3.63, 3.8) is 0 Å². The highest BCUT2D eigenvalue weighted by Crippen LogP contribution is 2.33. The molecule has 0 spiro atoms. The molecule has 4 rings (SSSR count). The van der Waals surface area contributed by atoms with Gasteiger partial charge in [-0.2, -0.15) is 5.10 Å². The van der Waals surface area contributed by atoms with Gasteiger partial charge in [0, 0.05) is 25.1 Å². The standard InChI is InChI=1S/C21H27FN6O3/c1-21(2,3)17(19-25-26-20(23)31-19)24-18(29)16-14-5-4-13(22)10-15(14)28(27-16)11-12-6-8-30-9-7-12/h4-5,10,12,17H,6-9,11H2,1-3H3,(H2,23,26)(H,24,29)/t17-/m1/s1. The summed E-state index contributed by atoms with van der Waals surface area (Å²) in [5.74, 6) is -0.199. The summed E-state index contributed by atoms with van der Waals surface area (Å²) in [6, 6.07) is 3.68. The lowest BCUT2D eigenvalue weighted by molar-refractivity contribution is 0.0604. The first-order valence-electron chi connectivity index (χ1n) is 10.4. The highest BCUT2D eigenvalue weighted by atomic mass is 19.1. The highest BCUT2D eigenvalue weighted by molar-refractivity contribution is 6.05. The largest absolute Gasteiger partial charge is 0.406 e. The lowest BCUT2D eigenvalue weighted by Gasteiger charge is -2.28. The molecule has 0 bridgehead atoms. The molecule has 1 fully saturated rings. The number of aromatic nitrogens is 4. The smallest absolute Gasteiger partial charge is 0.312 e. The average Bonchev–Trinajstić information content (AvgIpc) is 3.29. The fourth-order valence-electron chi connectivity index (χ4n) is 3.84. The Bertz CT molecular complexity index is 1080. The number of nitrogens with two attached hydrogens (primary N) is 1. The normalized spacial score (nSPS) is 16.5. The Kier molecular flexibility index (Phi) is 5.65. The second-order valence-corrected chi connectivity index (χ2v) is 9.00. The van der Waals surface area contributed by atoms with Crippen molar-refractivity contribution < 1.29 is 18.3 Å². The zero-order valence-electron chi connectivity index (χ0n) is 17.9.